The van der Waals surface area contributed by atoms with E-state index in [-0.39, 0.29) is 11.7 Å². The molecule has 1 fully saturated rings. The van der Waals surface area contributed by atoms with Crippen LogP contribution in [0.25, 0.3) is 0 Å². The highest BCUT2D eigenvalue weighted by molar-refractivity contribution is 5.94. The van der Waals surface area contributed by atoms with Gasteiger partial charge in [-0.05, 0) is 64.3 Å². The third-order valence-electron chi connectivity index (χ3n) is 3.92. The van der Waals surface area contributed by atoms with Gasteiger partial charge in [-0.25, -0.2) is 4.79 Å². The second-order valence-corrected chi connectivity index (χ2v) is 7.21. The van der Waals surface area contributed by atoms with Gasteiger partial charge in [0.2, 0.25) is 0 Å². The lowest BCUT2D eigenvalue weighted by atomic mass is 10.1. The van der Waals surface area contributed by atoms with E-state index in [1.165, 1.54) is 29.2 Å². The fourth-order valence-electron chi connectivity index (χ4n) is 2.68. The summed E-state index contributed by atoms with van der Waals surface area (Å²) >= 11 is 0. The number of aliphatic hydroxyl groups excluding tert-OH is 1. The maximum absolute atomic E-state index is 12.3. The first-order chi connectivity index (χ1) is 11.7. The molecule has 0 spiro atoms. The highest BCUT2D eigenvalue weighted by Crippen LogP contribution is 2.20. The molecule has 0 aromatic heterocycles. The summed E-state index contributed by atoms with van der Waals surface area (Å²) in [5.74, 6) is -0.294. The summed E-state index contributed by atoms with van der Waals surface area (Å²) in [5.41, 5.74) is -0.286. The smallest absolute Gasteiger partial charge is 0.412 e. The molecular formula is C18H26N2O5. The number of amides is 2. The van der Waals surface area contributed by atoms with Crippen molar-refractivity contribution >= 4 is 12.0 Å². The number of phenolic OH excluding ortho intramolecular Hbond substituents is 1. The zero-order chi connectivity index (χ0) is 18.6. The molecule has 25 heavy (non-hydrogen) atoms. The summed E-state index contributed by atoms with van der Waals surface area (Å²) in [6, 6.07) is 5.26. The van der Waals surface area contributed by atoms with Crippen LogP contribution >= 0.6 is 0 Å². The molecule has 0 saturated carbocycles. The number of carbonyl (C=O) groups is 2. The van der Waals surface area contributed by atoms with E-state index in [0.29, 0.717) is 18.5 Å². The van der Waals surface area contributed by atoms with Crippen molar-refractivity contribution in [3.8, 4) is 5.75 Å². The van der Waals surface area contributed by atoms with Crippen molar-refractivity contribution in [2.45, 2.75) is 57.9 Å². The number of phenols is 1. The fraction of sp³-hybridized carbons (Fsp3) is 0.556. The number of rotatable bonds is 2. The van der Waals surface area contributed by atoms with Crippen LogP contribution in [0, 0.1) is 0 Å². The van der Waals surface area contributed by atoms with Gasteiger partial charge in [0.25, 0.3) is 5.91 Å². The van der Waals surface area contributed by atoms with Gasteiger partial charge in [-0.2, -0.15) is 0 Å². The van der Waals surface area contributed by atoms with Crippen molar-refractivity contribution in [1.29, 1.82) is 0 Å². The lowest BCUT2D eigenvalue weighted by Gasteiger charge is -2.33. The highest BCUT2D eigenvalue weighted by atomic mass is 16.6. The van der Waals surface area contributed by atoms with Crippen molar-refractivity contribution < 1.29 is 24.5 Å². The van der Waals surface area contributed by atoms with Crippen molar-refractivity contribution in [3.63, 3.8) is 0 Å². The van der Waals surface area contributed by atoms with Crippen LogP contribution in [0.3, 0.4) is 0 Å². The molecule has 1 aromatic carbocycles. The number of hydrogen-bond donors (Lipinski definition) is 3. The topological polar surface area (TPSA) is 99.1 Å². The SMILES string of the molecule is CC(C)(C)OC(=O)N1CCCCC(NC(=O)c2ccc(O)cc2)C1O. The Labute approximate surface area is 147 Å². The van der Waals surface area contributed by atoms with Gasteiger partial charge < -0.3 is 20.3 Å². The summed E-state index contributed by atoms with van der Waals surface area (Å²) < 4.78 is 5.34. The van der Waals surface area contributed by atoms with Gasteiger partial charge >= 0.3 is 6.09 Å². The number of aromatic hydroxyl groups is 1. The average molecular weight is 350 g/mol. The molecule has 3 N–H and O–H groups in total. The minimum atomic E-state index is -1.15. The van der Waals surface area contributed by atoms with Crippen molar-refractivity contribution in [2.75, 3.05) is 6.54 Å². The fourth-order valence-corrected chi connectivity index (χ4v) is 2.68. The zero-order valence-electron chi connectivity index (χ0n) is 14.9. The second kappa shape index (κ2) is 7.74. The van der Waals surface area contributed by atoms with Crippen LogP contribution in [-0.4, -0.2) is 51.5 Å². The molecule has 138 valence electrons. The van der Waals surface area contributed by atoms with Crippen molar-refractivity contribution in [2.24, 2.45) is 0 Å². The Kier molecular flexibility index (Phi) is 5.89. The van der Waals surface area contributed by atoms with Crippen LogP contribution in [0.15, 0.2) is 24.3 Å². The minimum absolute atomic E-state index is 0.0714. The van der Waals surface area contributed by atoms with Gasteiger partial charge in [0.1, 0.15) is 11.4 Å². The number of benzene rings is 1. The Hall–Kier alpha value is -2.28. The first-order valence-electron chi connectivity index (χ1n) is 8.45. The maximum atomic E-state index is 12.3. The van der Waals surface area contributed by atoms with Gasteiger partial charge in [-0.3, -0.25) is 9.69 Å². The quantitative estimate of drug-likeness (QED) is 0.760. The van der Waals surface area contributed by atoms with Gasteiger partial charge in [0, 0.05) is 12.1 Å². The Balaban J connectivity index is 2.07. The summed E-state index contributed by atoms with van der Waals surface area (Å²) in [6.07, 6.45) is 0.312. The first-order valence-corrected chi connectivity index (χ1v) is 8.45. The molecule has 2 rings (SSSR count). The van der Waals surface area contributed by atoms with E-state index < -0.39 is 24.0 Å². The third-order valence-corrected chi connectivity index (χ3v) is 3.92. The van der Waals surface area contributed by atoms with Crippen molar-refractivity contribution in [1.82, 2.24) is 10.2 Å². The maximum Gasteiger partial charge on any atom is 0.412 e. The Morgan fingerprint density at radius 1 is 1.20 bits per heavy atom. The largest absolute Gasteiger partial charge is 0.508 e. The van der Waals surface area contributed by atoms with Crippen molar-refractivity contribution in [3.05, 3.63) is 29.8 Å². The van der Waals surface area contributed by atoms with Crippen LogP contribution < -0.4 is 5.32 Å². The van der Waals surface area contributed by atoms with Gasteiger partial charge in [0.15, 0.2) is 6.23 Å². The Morgan fingerprint density at radius 2 is 1.84 bits per heavy atom. The Bertz CT molecular complexity index is 609. The van der Waals surface area contributed by atoms with Gasteiger partial charge in [-0.15, -0.1) is 0 Å². The van der Waals surface area contributed by atoms with Crippen LogP contribution in [0.2, 0.25) is 0 Å². The number of aliphatic hydroxyl groups is 1. The zero-order valence-corrected chi connectivity index (χ0v) is 14.9. The van der Waals surface area contributed by atoms with Gasteiger partial charge in [0.05, 0.1) is 6.04 Å². The third kappa shape index (κ3) is 5.35. The monoisotopic (exact) mass is 350 g/mol. The molecule has 7 heteroatoms. The standard InChI is InChI=1S/C18H26N2O5/c1-18(2,3)25-17(24)20-11-5-4-6-14(16(20)23)19-15(22)12-7-9-13(21)10-8-12/h7-10,14,16,21,23H,4-6,11H2,1-3H3,(H,19,22). The molecule has 7 nitrogen and oxygen atoms in total. The molecule has 1 aromatic rings. The van der Waals surface area contributed by atoms with E-state index in [0.717, 1.165) is 12.8 Å². The molecule has 1 heterocycles. The molecule has 0 radical (unpaired) electrons. The summed E-state index contributed by atoms with van der Waals surface area (Å²) in [7, 11) is 0. The van der Waals surface area contributed by atoms with Crippen LogP contribution in [-0.2, 0) is 4.74 Å². The van der Waals surface area contributed by atoms with E-state index in [1.807, 2.05) is 0 Å². The normalized spacial score (nSPS) is 21.4. The number of nitrogens with one attached hydrogen (secondary N) is 1. The van der Waals surface area contributed by atoms with E-state index in [2.05, 4.69) is 5.32 Å². The highest BCUT2D eigenvalue weighted by Gasteiger charge is 2.34. The number of ether oxygens (including phenoxy) is 1. The molecule has 1 aliphatic heterocycles. The number of nitrogens with zero attached hydrogens (tertiary/aromatic N) is 1. The molecule has 0 bridgehead atoms. The molecule has 2 amide bonds. The lowest BCUT2D eigenvalue weighted by Crippen LogP contribution is -2.53. The summed E-state index contributed by atoms with van der Waals surface area (Å²) in [5, 5.41) is 22.7. The lowest BCUT2D eigenvalue weighted by molar-refractivity contribution is -0.0397. The molecule has 0 aliphatic carbocycles. The van der Waals surface area contributed by atoms with E-state index in [9.17, 15) is 19.8 Å². The number of hydrogen-bond acceptors (Lipinski definition) is 5. The van der Waals surface area contributed by atoms with Crippen LogP contribution in [0.5, 0.6) is 5.75 Å². The number of carbonyl (C=O) groups excluding carboxylic acids is 2. The molecule has 2 atom stereocenters. The van der Waals surface area contributed by atoms with Crippen LogP contribution in [0.4, 0.5) is 4.79 Å². The van der Waals surface area contributed by atoms with E-state index in [1.54, 1.807) is 20.8 Å². The summed E-state index contributed by atoms with van der Waals surface area (Å²) in [6.45, 7) is 5.67. The molecule has 1 aliphatic rings. The van der Waals surface area contributed by atoms with E-state index >= 15 is 0 Å². The number of likely N-dealkylation sites (tertiary alicyclic amines) is 1. The Morgan fingerprint density at radius 3 is 2.44 bits per heavy atom. The van der Waals surface area contributed by atoms with E-state index in [4.69, 9.17) is 4.74 Å². The molecule has 2 unspecified atom stereocenters. The predicted molar refractivity (Wildman–Crippen MR) is 92.2 cm³/mol. The molecular weight excluding hydrogens is 324 g/mol. The first kappa shape index (κ1) is 19.1. The van der Waals surface area contributed by atoms with Crippen LogP contribution in [0.1, 0.15) is 50.4 Å². The average Bonchev–Trinajstić information content (AvgIpc) is 2.69. The predicted octanol–water partition coefficient (Wildman–Crippen LogP) is 2.23. The minimum Gasteiger partial charge on any atom is -0.508 e. The molecule has 1 saturated heterocycles. The second-order valence-electron chi connectivity index (χ2n) is 7.21. The summed E-state index contributed by atoms with van der Waals surface area (Å²) in [4.78, 5) is 25.9. The van der Waals surface area contributed by atoms with Gasteiger partial charge in [-0.1, -0.05) is 0 Å².